The molecule has 10 heteroatoms. The number of amides is 2. The quantitative estimate of drug-likeness (QED) is 0.560. The van der Waals surface area contributed by atoms with Gasteiger partial charge in [-0.3, -0.25) is 14.4 Å². The molecule has 2 amide bonds. The normalized spacial score (nSPS) is 16.0. The highest BCUT2D eigenvalue weighted by Crippen LogP contribution is 2.45. The minimum Gasteiger partial charge on any atom is -0.344 e. The van der Waals surface area contributed by atoms with Crippen LogP contribution in [0.2, 0.25) is 0 Å². The molecular formula is C21H19F3N4O3. The number of anilines is 1. The molecule has 0 bridgehead atoms. The second-order valence-electron chi connectivity index (χ2n) is 7.90. The van der Waals surface area contributed by atoms with Crippen molar-refractivity contribution in [3.05, 3.63) is 52.6 Å². The van der Waals surface area contributed by atoms with Crippen molar-refractivity contribution in [3.63, 3.8) is 0 Å². The summed E-state index contributed by atoms with van der Waals surface area (Å²) in [5, 5.41) is 13.7. The summed E-state index contributed by atoms with van der Waals surface area (Å²) in [7, 11) is 1.51. The van der Waals surface area contributed by atoms with Gasteiger partial charge >= 0.3 is 0 Å². The molecule has 1 saturated carbocycles. The van der Waals surface area contributed by atoms with Crippen LogP contribution in [0.5, 0.6) is 0 Å². The van der Waals surface area contributed by atoms with E-state index in [4.69, 9.17) is 5.26 Å². The third-order valence-corrected chi connectivity index (χ3v) is 5.28. The van der Waals surface area contributed by atoms with Gasteiger partial charge in [0.25, 0.3) is 23.5 Å². The van der Waals surface area contributed by atoms with E-state index in [1.54, 1.807) is 6.07 Å². The summed E-state index contributed by atoms with van der Waals surface area (Å²) in [4.78, 5) is 37.5. The summed E-state index contributed by atoms with van der Waals surface area (Å²) in [5.74, 6) is -6.23. The lowest BCUT2D eigenvalue weighted by molar-refractivity contribution is -0.140. The molecule has 0 atom stereocenters. The third kappa shape index (κ3) is 4.30. The van der Waals surface area contributed by atoms with E-state index in [0.717, 1.165) is 12.1 Å². The lowest BCUT2D eigenvalue weighted by atomic mass is 9.75. The molecule has 162 valence electrons. The van der Waals surface area contributed by atoms with Crippen LogP contribution in [-0.4, -0.2) is 33.6 Å². The molecule has 0 aliphatic heterocycles. The van der Waals surface area contributed by atoms with E-state index in [0.29, 0.717) is 5.69 Å². The molecule has 0 saturated heterocycles. The van der Waals surface area contributed by atoms with Gasteiger partial charge in [0.1, 0.15) is 17.6 Å². The van der Waals surface area contributed by atoms with E-state index in [9.17, 15) is 27.6 Å². The van der Waals surface area contributed by atoms with Crippen molar-refractivity contribution in [2.75, 3.05) is 5.32 Å². The maximum absolute atomic E-state index is 13.4. The maximum atomic E-state index is 13.4. The summed E-state index contributed by atoms with van der Waals surface area (Å²) in [6.07, 6.45) is -1.11. The SMILES string of the molecule is Cc1c(C(=O)C(=O)NC2(C)CC(F)(F)C2)cc(C(=O)Nc2ccc(F)c(C#N)c2)n1C. The first-order valence-electron chi connectivity index (χ1n) is 9.28. The average Bonchev–Trinajstić information content (AvgIpc) is 2.95. The van der Waals surface area contributed by atoms with E-state index in [1.165, 1.54) is 37.6 Å². The number of nitriles is 1. The molecule has 1 aliphatic rings. The van der Waals surface area contributed by atoms with Gasteiger partial charge in [0, 0.05) is 42.4 Å². The molecule has 2 aromatic rings. The molecule has 0 unspecified atom stereocenters. The zero-order chi connectivity index (χ0) is 23.1. The summed E-state index contributed by atoms with van der Waals surface area (Å²) in [6.45, 7) is 2.96. The minimum absolute atomic E-state index is 0.0397. The number of carbonyl (C=O) groups is 3. The first kappa shape index (κ1) is 22.1. The Balaban J connectivity index is 1.78. The highest BCUT2D eigenvalue weighted by molar-refractivity contribution is 6.43. The minimum atomic E-state index is -2.87. The van der Waals surface area contributed by atoms with Gasteiger partial charge in [0.05, 0.1) is 5.56 Å². The van der Waals surface area contributed by atoms with Crippen LogP contribution in [0.4, 0.5) is 18.9 Å². The van der Waals surface area contributed by atoms with Crippen LogP contribution in [-0.2, 0) is 11.8 Å². The van der Waals surface area contributed by atoms with E-state index in [1.807, 2.05) is 0 Å². The van der Waals surface area contributed by atoms with Gasteiger partial charge in [-0.05, 0) is 38.1 Å². The number of hydrogen-bond donors (Lipinski definition) is 2. The van der Waals surface area contributed by atoms with E-state index < -0.39 is 47.7 Å². The maximum Gasteiger partial charge on any atom is 0.292 e. The fourth-order valence-electron chi connectivity index (χ4n) is 3.66. The topological polar surface area (TPSA) is 104 Å². The molecule has 1 aliphatic carbocycles. The highest BCUT2D eigenvalue weighted by atomic mass is 19.3. The smallest absolute Gasteiger partial charge is 0.292 e. The Hall–Kier alpha value is -3.61. The van der Waals surface area contributed by atoms with Gasteiger partial charge in [-0.25, -0.2) is 13.2 Å². The Morgan fingerprint density at radius 1 is 1.19 bits per heavy atom. The number of benzene rings is 1. The number of ketones is 1. The molecule has 7 nitrogen and oxygen atoms in total. The lowest BCUT2D eigenvalue weighted by Crippen LogP contribution is -2.61. The van der Waals surface area contributed by atoms with Crippen molar-refractivity contribution < 1.29 is 27.6 Å². The first-order valence-corrected chi connectivity index (χ1v) is 9.28. The van der Waals surface area contributed by atoms with E-state index in [2.05, 4.69) is 10.6 Å². The van der Waals surface area contributed by atoms with Gasteiger partial charge in [0.2, 0.25) is 0 Å². The van der Waals surface area contributed by atoms with Gasteiger partial charge in [-0.1, -0.05) is 0 Å². The van der Waals surface area contributed by atoms with Crippen LogP contribution in [0, 0.1) is 24.1 Å². The molecule has 2 N–H and O–H groups in total. The number of carbonyl (C=O) groups excluding carboxylic acids is 3. The Labute approximate surface area is 175 Å². The molecular weight excluding hydrogens is 413 g/mol. The van der Waals surface area contributed by atoms with Gasteiger partial charge < -0.3 is 15.2 Å². The predicted molar refractivity (Wildman–Crippen MR) is 104 cm³/mol. The summed E-state index contributed by atoms with van der Waals surface area (Å²) < 4.78 is 41.1. The summed E-state index contributed by atoms with van der Waals surface area (Å²) in [6, 6.07) is 6.36. The van der Waals surface area contributed by atoms with Gasteiger partial charge in [0.15, 0.2) is 0 Å². The molecule has 1 aromatic heterocycles. The Morgan fingerprint density at radius 3 is 2.42 bits per heavy atom. The number of rotatable bonds is 5. The highest BCUT2D eigenvalue weighted by Gasteiger charge is 2.54. The molecule has 1 heterocycles. The van der Waals surface area contributed by atoms with Crippen molar-refractivity contribution in [1.29, 1.82) is 5.26 Å². The Morgan fingerprint density at radius 2 is 1.84 bits per heavy atom. The van der Waals surface area contributed by atoms with Crippen LogP contribution in [0.1, 0.15) is 51.9 Å². The van der Waals surface area contributed by atoms with Crippen LogP contribution < -0.4 is 10.6 Å². The number of aromatic nitrogens is 1. The van der Waals surface area contributed by atoms with E-state index in [-0.39, 0.29) is 22.5 Å². The van der Waals surface area contributed by atoms with Crippen LogP contribution >= 0.6 is 0 Å². The first-order chi connectivity index (χ1) is 14.4. The number of Topliss-reactive ketones (excluding diaryl/α,β-unsaturated/α-hetero) is 1. The number of halogens is 3. The summed E-state index contributed by atoms with van der Waals surface area (Å²) >= 11 is 0. The Bertz CT molecular complexity index is 1140. The average molecular weight is 432 g/mol. The zero-order valence-corrected chi connectivity index (χ0v) is 17.0. The van der Waals surface area contributed by atoms with Crippen molar-refractivity contribution >= 4 is 23.3 Å². The standard InChI is InChI=1S/C21H19F3N4O3/c1-11-14(17(29)19(31)27-20(2)9-21(23,24)10-20)7-16(28(11)3)18(30)26-13-4-5-15(22)12(6-13)8-25/h4-7H,9-10H2,1-3H3,(H,26,30)(H,27,31). The largest absolute Gasteiger partial charge is 0.344 e. The van der Waals surface area contributed by atoms with E-state index >= 15 is 0 Å². The lowest BCUT2D eigenvalue weighted by Gasteiger charge is -2.45. The monoisotopic (exact) mass is 432 g/mol. The molecule has 0 radical (unpaired) electrons. The fraction of sp³-hybridized carbons (Fsp3) is 0.333. The second-order valence-corrected chi connectivity index (χ2v) is 7.90. The Kier molecular flexibility index (Phi) is 5.40. The van der Waals surface area contributed by atoms with Crippen LogP contribution in [0.15, 0.2) is 24.3 Å². The van der Waals surface area contributed by atoms with Crippen LogP contribution in [0.25, 0.3) is 0 Å². The number of alkyl halides is 2. The predicted octanol–water partition coefficient (Wildman–Crippen LogP) is 3.08. The van der Waals surface area contributed by atoms with Crippen molar-refractivity contribution in [2.45, 2.75) is 38.2 Å². The zero-order valence-electron chi connectivity index (χ0n) is 17.0. The van der Waals surface area contributed by atoms with Crippen molar-refractivity contribution in [3.8, 4) is 6.07 Å². The molecule has 3 rings (SSSR count). The molecule has 1 fully saturated rings. The van der Waals surface area contributed by atoms with Crippen molar-refractivity contribution in [1.82, 2.24) is 9.88 Å². The van der Waals surface area contributed by atoms with Gasteiger partial charge in [-0.15, -0.1) is 0 Å². The van der Waals surface area contributed by atoms with Crippen molar-refractivity contribution in [2.24, 2.45) is 7.05 Å². The number of nitrogens with zero attached hydrogens (tertiary/aromatic N) is 2. The molecule has 0 spiro atoms. The fourth-order valence-corrected chi connectivity index (χ4v) is 3.66. The molecule has 1 aromatic carbocycles. The van der Waals surface area contributed by atoms with Crippen LogP contribution in [0.3, 0.4) is 0 Å². The summed E-state index contributed by atoms with van der Waals surface area (Å²) in [5.41, 5.74) is -0.921. The number of hydrogen-bond acceptors (Lipinski definition) is 4. The van der Waals surface area contributed by atoms with Gasteiger partial charge in [-0.2, -0.15) is 5.26 Å². The second kappa shape index (κ2) is 7.58. The number of nitrogens with one attached hydrogen (secondary N) is 2. The molecule has 31 heavy (non-hydrogen) atoms. The third-order valence-electron chi connectivity index (χ3n) is 5.28.